The number of unbranched alkanes of at least 4 members (excludes halogenated alkanes) is 1. The highest BCUT2D eigenvalue weighted by atomic mass is 19.1. The first-order valence-electron chi connectivity index (χ1n) is 5.05. The van der Waals surface area contributed by atoms with Crippen LogP contribution in [0.1, 0.15) is 36.5 Å². The van der Waals surface area contributed by atoms with Gasteiger partial charge in [-0.2, -0.15) is 0 Å². The lowest BCUT2D eigenvalue weighted by atomic mass is 10.1. The average molecular weight is 210 g/mol. The van der Waals surface area contributed by atoms with Gasteiger partial charge in [-0.15, -0.1) is 0 Å². The Hall–Kier alpha value is -1.38. The summed E-state index contributed by atoms with van der Waals surface area (Å²) in [7, 11) is 1.45. The summed E-state index contributed by atoms with van der Waals surface area (Å²) in [5.41, 5.74) is 0.389. The quantitative estimate of drug-likeness (QED) is 0.697. The van der Waals surface area contributed by atoms with E-state index in [1.165, 1.54) is 19.2 Å². The van der Waals surface area contributed by atoms with E-state index >= 15 is 0 Å². The van der Waals surface area contributed by atoms with Gasteiger partial charge in [0.15, 0.2) is 5.78 Å². The van der Waals surface area contributed by atoms with E-state index in [2.05, 4.69) is 0 Å². The molecule has 0 bridgehead atoms. The maximum absolute atomic E-state index is 13.1. The molecule has 0 aromatic heterocycles. The first-order valence-corrected chi connectivity index (χ1v) is 5.05. The van der Waals surface area contributed by atoms with Gasteiger partial charge in [-0.25, -0.2) is 4.39 Å². The van der Waals surface area contributed by atoms with Crippen LogP contribution >= 0.6 is 0 Å². The number of carbonyl (C=O) groups excluding carboxylic acids is 1. The normalized spacial score (nSPS) is 10.1. The number of benzene rings is 1. The van der Waals surface area contributed by atoms with Crippen molar-refractivity contribution < 1.29 is 13.9 Å². The maximum atomic E-state index is 13.1. The lowest BCUT2D eigenvalue weighted by Gasteiger charge is -2.04. The van der Waals surface area contributed by atoms with Crippen molar-refractivity contribution in [1.29, 1.82) is 0 Å². The lowest BCUT2D eigenvalue weighted by molar-refractivity contribution is 0.0979. The first kappa shape index (κ1) is 11.7. The zero-order chi connectivity index (χ0) is 11.3. The topological polar surface area (TPSA) is 26.3 Å². The lowest BCUT2D eigenvalue weighted by Crippen LogP contribution is -2.00. The van der Waals surface area contributed by atoms with Crippen LogP contribution < -0.4 is 4.74 Å². The Morgan fingerprint density at radius 2 is 2.13 bits per heavy atom. The largest absolute Gasteiger partial charge is 0.497 e. The smallest absolute Gasteiger partial charge is 0.163 e. The number of ether oxygens (including phenoxy) is 1. The van der Waals surface area contributed by atoms with Crippen molar-refractivity contribution in [2.75, 3.05) is 7.11 Å². The Balaban J connectivity index is 2.83. The number of ketones is 1. The summed E-state index contributed by atoms with van der Waals surface area (Å²) >= 11 is 0. The molecule has 0 aliphatic rings. The Morgan fingerprint density at radius 3 is 2.73 bits per heavy atom. The van der Waals surface area contributed by atoms with E-state index in [1.807, 2.05) is 6.92 Å². The molecule has 0 atom stereocenters. The van der Waals surface area contributed by atoms with Crippen LogP contribution in [0.5, 0.6) is 5.75 Å². The van der Waals surface area contributed by atoms with Crippen LogP contribution in [-0.4, -0.2) is 12.9 Å². The van der Waals surface area contributed by atoms with Gasteiger partial charge in [0.1, 0.15) is 11.6 Å². The zero-order valence-corrected chi connectivity index (χ0v) is 9.05. The molecule has 0 saturated carbocycles. The van der Waals surface area contributed by atoms with E-state index < -0.39 is 5.82 Å². The molecular formula is C12H15FO2. The number of hydrogen-bond donors (Lipinski definition) is 0. The molecule has 0 aliphatic heterocycles. The minimum atomic E-state index is -0.436. The van der Waals surface area contributed by atoms with Gasteiger partial charge in [0.2, 0.25) is 0 Å². The molecule has 1 aromatic carbocycles. The van der Waals surface area contributed by atoms with Crippen LogP contribution in [0.3, 0.4) is 0 Å². The van der Waals surface area contributed by atoms with Gasteiger partial charge in [-0.05, 0) is 18.6 Å². The molecular weight excluding hydrogens is 195 g/mol. The fraction of sp³-hybridized carbons (Fsp3) is 0.417. The summed E-state index contributed by atoms with van der Waals surface area (Å²) in [6.07, 6.45) is 2.25. The van der Waals surface area contributed by atoms with E-state index in [-0.39, 0.29) is 5.78 Å². The van der Waals surface area contributed by atoms with Crippen LogP contribution in [0.2, 0.25) is 0 Å². The van der Waals surface area contributed by atoms with E-state index in [4.69, 9.17) is 4.74 Å². The molecule has 1 rings (SSSR count). The number of carbonyl (C=O) groups is 1. The Bertz CT molecular complexity index is 347. The van der Waals surface area contributed by atoms with Crippen molar-refractivity contribution in [3.63, 3.8) is 0 Å². The second-order valence-electron chi connectivity index (χ2n) is 3.41. The van der Waals surface area contributed by atoms with Gasteiger partial charge < -0.3 is 4.74 Å². The van der Waals surface area contributed by atoms with Gasteiger partial charge in [-0.3, -0.25) is 4.79 Å². The molecule has 0 radical (unpaired) electrons. The third-order valence-electron chi connectivity index (χ3n) is 2.19. The molecule has 0 saturated heterocycles. The first-order chi connectivity index (χ1) is 7.17. The molecule has 2 nitrogen and oxygen atoms in total. The molecule has 3 heteroatoms. The van der Waals surface area contributed by atoms with Gasteiger partial charge in [0.25, 0.3) is 0 Å². The average Bonchev–Trinajstić information content (AvgIpc) is 2.24. The van der Waals surface area contributed by atoms with Crippen molar-refractivity contribution in [1.82, 2.24) is 0 Å². The summed E-state index contributed by atoms with van der Waals surface area (Å²) in [6.45, 7) is 2.01. The second kappa shape index (κ2) is 5.49. The predicted octanol–water partition coefficient (Wildman–Crippen LogP) is 3.21. The summed E-state index contributed by atoms with van der Waals surface area (Å²) < 4.78 is 18.0. The molecule has 0 N–H and O–H groups in total. The molecule has 1 aromatic rings. The van der Waals surface area contributed by atoms with Gasteiger partial charge in [0.05, 0.1) is 7.11 Å². The molecule has 0 spiro atoms. The monoisotopic (exact) mass is 210 g/mol. The Morgan fingerprint density at radius 1 is 1.40 bits per heavy atom. The third-order valence-corrected chi connectivity index (χ3v) is 2.19. The van der Waals surface area contributed by atoms with Gasteiger partial charge >= 0.3 is 0 Å². The SMILES string of the molecule is CCCCC(=O)c1cc(F)cc(OC)c1. The maximum Gasteiger partial charge on any atom is 0.163 e. The van der Waals surface area contributed by atoms with Crippen molar-refractivity contribution in [2.24, 2.45) is 0 Å². The van der Waals surface area contributed by atoms with Crippen LogP contribution in [0.25, 0.3) is 0 Å². The third kappa shape index (κ3) is 3.35. The molecule has 15 heavy (non-hydrogen) atoms. The fourth-order valence-corrected chi connectivity index (χ4v) is 1.32. The highest BCUT2D eigenvalue weighted by molar-refractivity contribution is 5.96. The Labute approximate surface area is 89.1 Å². The standard InChI is InChI=1S/C12H15FO2/c1-3-4-5-12(14)9-6-10(13)8-11(7-9)15-2/h6-8H,3-5H2,1-2H3. The van der Waals surface area contributed by atoms with Crippen molar-refractivity contribution in [2.45, 2.75) is 26.2 Å². The van der Waals surface area contributed by atoms with Crippen LogP contribution in [0, 0.1) is 5.82 Å². The van der Waals surface area contributed by atoms with E-state index in [0.717, 1.165) is 12.8 Å². The summed E-state index contributed by atoms with van der Waals surface area (Å²) in [5.74, 6) is -0.0845. The van der Waals surface area contributed by atoms with E-state index in [9.17, 15) is 9.18 Å². The summed E-state index contributed by atoms with van der Waals surface area (Å²) in [4.78, 5) is 11.6. The molecule has 0 amide bonds. The summed E-state index contributed by atoms with van der Waals surface area (Å²) in [6, 6.07) is 4.08. The molecule has 0 fully saturated rings. The number of Topliss-reactive ketones (excluding diaryl/α,β-unsaturated/α-hetero) is 1. The highest BCUT2D eigenvalue weighted by Gasteiger charge is 2.08. The number of hydrogen-bond acceptors (Lipinski definition) is 2. The number of halogens is 1. The van der Waals surface area contributed by atoms with E-state index in [0.29, 0.717) is 17.7 Å². The minimum absolute atomic E-state index is 0.0327. The van der Waals surface area contributed by atoms with Crippen molar-refractivity contribution >= 4 is 5.78 Å². The number of rotatable bonds is 5. The second-order valence-corrected chi connectivity index (χ2v) is 3.41. The van der Waals surface area contributed by atoms with Crippen LogP contribution in [0.4, 0.5) is 4.39 Å². The van der Waals surface area contributed by atoms with Gasteiger partial charge in [-0.1, -0.05) is 13.3 Å². The molecule has 0 heterocycles. The van der Waals surface area contributed by atoms with E-state index in [1.54, 1.807) is 6.07 Å². The van der Waals surface area contributed by atoms with Crippen LogP contribution in [0.15, 0.2) is 18.2 Å². The van der Waals surface area contributed by atoms with Gasteiger partial charge in [0, 0.05) is 18.1 Å². The highest BCUT2D eigenvalue weighted by Crippen LogP contribution is 2.17. The Kier molecular flexibility index (Phi) is 4.28. The number of methoxy groups -OCH3 is 1. The summed E-state index contributed by atoms with van der Waals surface area (Å²) in [5, 5.41) is 0. The van der Waals surface area contributed by atoms with Crippen molar-refractivity contribution in [3.05, 3.63) is 29.6 Å². The van der Waals surface area contributed by atoms with Crippen LogP contribution in [-0.2, 0) is 0 Å². The molecule has 82 valence electrons. The minimum Gasteiger partial charge on any atom is -0.497 e. The molecule has 0 aliphatic carbocycles. The van der Waals surface area contributed by atoms with Crippen molar-refractivity contribution in [3.8, 4) is 5.75 Å². The fourth-order valence-electron chi connectivity index (χ4n) is 1.32. The zero-order valence-electron chi connectivity index (χ0n) is 9.05. The predicted molar refractivity (Wildman–Crippen MR) is 56.8 cm³/mol. The molecule has 0 unspecified atom stereocenters.